The van der Waals surface area contributed by atoms with Crippen LogP contribution in [0.15, 0.2) is 22.7 Å². The van der Waals surface area contributed by atoms with Crippen molar-refractivity contribution in [3.05, 3.63) is 33.8 Å². The fraction of sp³-hybridized carbons (Fsp3) is 0.625. The molecule has 1 N–H and O–H groups in total. The third-order valence-electron chi connectivity index (χ3n) is 5.64. The number of nitrogens with one attached hydrogen (secondary N) is 1. The number of hydrogen-bond acceptors (Lipinski definition) is 1. The minimum atomic E-state index is 0.505. The van der Waals surface area contributed by atoms with E-state index >= 15 is 0 Å². The highest BCUT2D eigenvalue weighted by Gasteiger charge is 2.51. The zero-order chi connectivity index (χ0) is 12.2. The summed E-state index contributed by atoms with van der Waals surface area (Å²) in [5.41, 5.74) is 3.78. The largest absolute Gasteiger partial charge is 0.313 e. The molecule has 1 saturated heterocycles. The van der Waals surface area contributed by atoms with Crippen molar-refractivity contribution >= 4 is 15.9 Å². The van der Waals surface area contributed by atoms with Gasteiger partial charge in [-0.2, -0.15) is 0 Å². The van der Waals surface area contributed by atoms with Crippen LogP contribution in [0, 0.1) is 5.92 Å². The van der Waals surface area contributed by atoms with E-state index < -0.39 is 0 Å². The van der Waals surface area contributed by atoms with E-state index in [1.165, 1.54) is 49.5 Å². The summed E-state index contributed by atoms with van der Waals surface area (Å²) in [6.45, 7) is 1.22. The van der Waals surface area contributed by atoms with Crippen LogP contribution in [-0.2, 0) is 11.8 Å². The molecule has 1 heterocycles. The first kappa shape index (κ1) is 11.5. The highest BCUT2D eigenvalue weighted by Crippen LogP contribution is 2.54. The highest BCUT2D eigenvalue weighted by atomic mass is 79.9. The second-order valence-electron chi connectivity index (χ2n) is 6.29. The van der Waals surface area contributed by atoms with Gasteiger partial charge in [0.2, 0.25) is 0 Å². The van der Waals surface area contributed by atoms with Crippen LogP contribution in [0.1, 0.15) is 43.2 Å². The Morgan fingerprint density at radius 2 is 2.17 bits per heavy atom. The van der Waals surface area contributed by atoms with Crippen LogP contribution in [0.4, 0.5) is 0 Å². The lowest BCUT2D eigenvalue weighted by Crippen LogP contribution is -2.59. The van der Waals surface area contributed by atoms with Crippen molar-refractivity contribution < 1.29 is 0 Å². The van der Waals surface area contributed by atoms with Gasteiger partial charge in [-0.05, 0) is 55.3 Å². The molecule has 3 aliphatic rings. The van der Waals surface area contributed by atoms with Gasteiger partial charge in [0.1, 0.15) is 0 Å². The van der Waals surface area contributed by atoms with Crippen LogP contribution in [0.2, 0.25) is 0 Å². The second kappa shape index (κ2) is 4.08. The van der Waals surface area contributed by atoms with E-state index in [2.05, 4.69) is 39.4 Å². The zero-order valence-corrected chi connectivity index (χ0v) is 12.3. The lowest BCUT2D eigenvalue weighted by atomic mass is 9.53. The molecule has 1 aromatic carbocycles. The Morgan fingerprint density at radius 1 is 1.22 bits per heavy atom. The van der Waals surface area contributed by atoms with E-state index in [-0.39, 0.29) is 0 Å². The SMILES string of the molecule is Brc1cccc2c1C[C@H]1NCC[C@@]23CCCC[C@@H]13. The average Bonchev–Trinajstić information content (AvgIpc) is 2.40. The van der Waals surface area contributed by atoms with Crippen LogP contribution in [-0.4, -0.2) is 12.6 Å². The molecule has 0 amide bonds. The molecule has 0 radical (unpaired) electrons. The van der Waals surface area contributed by atoms with Gasteiger partial charge in [-0.25, -0.2) is 0 Å². The molecule has 2 aliphatic carbocycles. The quantitative estimate of drug-likeness (QED) is 0.769. The molecule has 96 valence electrons. The molecule has 1 aliphatic heterocycles. The Balaban J connectivity index is 1.93. The van der Waals surface area contributed by atoms with E-state index in [1.54, 1.807) is 11.1 Å². The van der Waals surface area contributed by atoms with E-state index in [0.717, 1.165) is 12.0 Å². The molecule has 0 spiro atoms. The number of fused-ring (bicyclic) bond motifs is 1. The Labute approximate surface area is 117 Å². The number of benzene rings is 1. The van der Waals surface area contributed by atoms with Crippen LogP contribution in [0.3, 0.4) is 0 Å². The number of halogens is 1. The van der Waals surface area contributed by atoms with Crippen LogP contribution >= 0.6 is 15.9 Å². The number of piperidine rings is 1. The van der Waals surface area contributed by atoms with E-state index in [1.807, 2.05) is 0 Å². The summed E-state index contributed by atoms with van der Waals surface area (Å²) in [6, 6.07) is 7.60. The Bertz CT molecular complexity index is 480. The van der Waals surface area contributed by atoms with Gasteiger partial charge in [0.15, 0.2) is 0 Å². The Kier molecular flexibility index (Phi) is 2.60. The van der Waals surface area contributed by atoms with Gasteiger partial charge in [-0.3, -0.25) is 0 Å². The summed E-state index contributed by atoms with van der Waals surface area (Å²) in [6.07, 6.45) is 8.28. The van der Waals surface area contributed by atoms with E-state index in [0.29, 0.717) is 5.41 Å². The van der Waals surface area contributed by atoms with Crippen molar-refractivity contribution in [1.29, 1.82) is 0 Å². The topological polar surface area (TPSA) is 12.0 Å². The van der Waals surface area contributed by atoms with E-state index in [9.17, 15) is 0 Å². The normalized spacial score (nSPS) is 37.8. The summed E-state index contributed by atoms with van der Waals surface area (Å²) in [7, 11) is 0. The van der Waals surface area contributed by atoms with Crippen molar-refractivity contribution in [2.45, 2.75) is 50.0 Å². The molecule has 0 aromatic heterocycles. The second-order valence-corrected chi connectivity index (χ2v) is 7.14. The highest BCUT2D eigenvalue weighted by molar-refractivity contribution is 9.10. The average molecular weight is 306 g/mol. The first-order valence-electron chi connectivity index (χ1n) is 7.32. The molecule has 2 bridgehead atoms. The maximum Gasteiger partial charge on any atom is 0.0210 e. The molecular weight excluding hydrogens is 286 g/mol. The standard InChI is InChI=1S/C16H20BrN/c17-14-6-3-5-12-11(14)10-15-13-4-1-2-7-16(12,13)8-9-18-15/h3,5-6,13,15,18H,1-2,4,7-10H2/t13-,15+,16-/m0/s1. The number of rotatable bonds is 0. The van der Waals surface area contributed by atoms with Crippen molar-refractivity contribution in [3.8, 4) is 0 Å². The smallest absolute Gasteiger partial charge is 0.0210 e. The molecule has 4 rings (SSSR count). The van der Waals surface area contributed by atoms with Crippen molar-refractivity contribution in [2.24, 2.45) is 5.92 Å². The van der Waals surface area contributed by atoms with Gasteiger partial charge in [0, 0.05) is 15.9 Å². The maximum atomic E-state index is 3.79. The molecule has 2 heteroatoms. The summed E-state index contributed by atoms with van der Waals surface area (Å²) in [5.74, 6) is 0.891. The minimum Gasteiger partial charge on any atom is -0.313 e. The first-order chi connectivity index (χ1) is 8.81. The molecule has 2 fully saturated rings. The minimum absolute atomic E-state index is 0.505. The zero-order valence-electron chi connectivity index (χ0n) is 10.7. The predicted octanol–water partition coefficient (Wildman–Crippen LogP) is 3.80. The molecule has 0 unspecified atom stereocenters. The van der Waals surface area contributed by atoms with Crippen molar-refractivity contribution in [2.75, 3.05) is 6.54 Å². The third kappa shape index (κ3) is 1.42. The van der Waals surface area contributed by atoms with Crippen LogP contribution in [0.25, 0.3) is 0 Å². The fourth-order valence-corrected chi connectivity index (χ4v) is 5.45. The van der Waals surface area contributed by atoms with Gasteiger partial charge in [0.05, 0.1) is 0 Å². The van der Waals surface area contributed by atoms with Crippen molar-refractivity contribution in [1.82, 2.24) is 5.32 Å². The lowest BCUT2D eigenvalue weighted by molar-refractivity contribution is 0.0795. The predicted molar refractivity (Wildman–Crippen MR) is 77.9 cm³/mol. The third-order valence-corrected chi connectivity index (χ3v) is 6.38. The van der Waals surface area contributed by atoms with Crippen LogP contribution < -0.4 is 5.32 Å². The van der Waals surface area contributed by atoms with Gasteiger partial charge in [-0.15, -0.1) is 0 Å². The monoisotopic (exact) mass is 305 g/mol. The Hall–Kier alpha value is -0.340. The molecule has 1 nitrogen and oxygen atoms in total. The molecular formula is C16H20BrN. The molecule has 3 atom stereocenters. The first-order valence-corrected chi connectivity index (χ1v) is 8.12. The van der Waals surface area contributed by atoms with Gasteiger partial charge in [-0.1, -0.05) is 40.9 Å². The molecule has 1 saturated carbocycles. The number of hydrogen-bond donors (Lipinski definition) is 1. The van der Waals surface area contributed by atoms with Crippen molar-refractivity contribution in [3.63, 3.8) is 0 Å². The molecule has 18 heavy (non-hydrogen) atoms. The Morgan fingerprint density at radius 3 is 3.11 bits per heavy atom. The fourth-order valence-electron chi connectivity index (χ4n) is 4.92. The van der Waals surface area contributed by atoms with Gasteiger partial charge < -0.3 is 5.32 Å². The van der Waals surface area contributed by atoms with Gasteiger partial charge in [0.25, 0.3) is 0 Å². The summed E-state index contributed by atoms with van der Waals surface area (Å²) >= 11 is 3.78. The van der Waals surface area contributed by atoms with Crippen LogP contribution in [0.5, 0.6) is 0 Å². The maximum absolute atomic E-state index is 3.79. The summed E-state index contributed by atoms with van der Waals surface area (Å²) in [4.78, 5) is 0. The summed E-state index contributed by atoms with van der Waals surface area (Å²) in [5, 5.41) is 3.79. The van der Waals surface area contributed by atoms with E-state index in [4.69, 9.17) is 0 Å². The lowest BCUT2D eigenvalue weighted by Gasteiger charge is -2.56. The summed E-state index contributed by atoms with van der Waals surface area (Å²) < 4.78 is 1.33. The molecule has 1 aromatic rings. The van der Waals surface area contributed by atoms with Gasteiger partial charge >= 0.3 is 0 Å².